The molecular formula is C13H19N3OS. The van der Waals surface area contributed by atoms with Crippen molar-refractivity contribution in [1.29, 1.82) is 5.26 Å². The van der Waals surface area contributed by atoms with E-state index in [2.05, 4.69) is 11.4 Å². The molecule has 3 N–H and O–H groups in total. The van der Waals surface area contributed by atoms with Gasteiger partial charge in [-0.05, 0) is 38.8 Å². The highest BCUT2D eigenvalue weighted by Gasteiger charge is 2.14. The van der Waals surface area contributed by atoms with Crippen LogP contribution in [-0.4, -0.2) is 12.5 Å². The Balaban J connectivity index is 2.55. The molecule has 1 aromatic rings. The monoisotopic (exact) mass is 265 g/mol. The van der Waals surface area contributed by atoms with Crippen LogP contribution in [0, 0.1) is 25.2 Å². The Bertz CT molecular complexity index is 460. The molecule has 0 aliphatic carbocycles. The summed E-state index contributed by atoms with van der Waals surface area (Å²) < 4.78 is 0. The second kappa shape index (κ2) is 7.14. The summed E-state index contributed by atoms with van der Waals surface area (Å²) in [6, 6.07) is 2.15. The fourth-order valence-corrected chi connectivity index (χ4v) is 2.67. The third-order valence-electron chi connectivity index (χ3n) is 2.86. The van der Waals surface area contributed by atoms with E-state index < -0.39 is 0 Å². The van der Waals surface area contributed by atoms with Crippen molar-refractivity contribution in [2.24, 2.45) is 5.73 Å². The minimum Gasteiger partial charge on any atom is -0.330 e. The summed E-state index contributed by atoms with van der Waals surface area (Å²) in [5.41, 5.74) is 6.94. The van der Waals surface area contributed by atoms with Crippen molar-refractivity contribution < 1.29 is 4.79 Å². The molecular weight excluding hydrogens is 246 g/mol. The molecule has 18 heavy (non-hydrogen) atoms. The number of rotatable bonds is 6. The number of hydrogen-bond acceptors (Lipinski definition) is 4. The predicted molar refractivity (Wildman–Crippen MR) is 74.7 cm³/mol. The van der Waals surface area contributed by atoms with E-state index in [0.29, 0.717) is 23.5 Å². The number of hydrogen-bond donors (Lipinski definition) is 2. The second-order valence-electron chi connectivity index (χ2n) is 4.25. The number of nitrogens with zero attached hydrogens (tertiary/aromatic N) is 1. The molecule has 4 nitrogen and oxygen atoms in total. The molecule has 0 unspecified atom stereocenters. The lowest BCUT2D eigenvalue weighted by atomic mass is 10.1. The van der Waals surface area contributed by atoms with Crippen LogP contribution in [-0.2, 0) is 4.79 Å². The summed E-state index contributed by atoms with van der Waals surface area (Å²) in [5.74, 6) is -0.0234. The van der Waals surface area contributed by atoms with E-state index in [1.54, 1.807) is 0 Å². The van der Waals surface area contributed by atoms with E-state index in [9.17, 15) is 4.79 Å². The largest absolute Gasteiger partial charge is 0.330 e. The predicted octanol–water partition coefficient (Wildman–Crippen LogP) is 2.69. The van der Waals surface area contributed by atoms with Crippen molar-refractivity contribution >= 4 is 22.2 Å². The standard InChI is InChI=1S/C13H19N3OS/c1-9-10(2)18-13(11(9)8-15)16-12(17)6-4-3-5-7-14/h3-7,14H2,1-2H3,(H,16,17). The molecule has 0 aromatic carbocycles. The molecule has 1 aromatic heterocycles. The normalized spacial score (nSPS) is 10.1. The van der Waals surface area contributed by atoms with Crippen LogP contribution in [0.15, 0.2) is 0 Å². The van der Waals surface area contributed by atoms with E-state index in [4.69, 9.17) is 11.0 Å². The summed E-state index contributed by atoms with van der Waals surface area (Å²) >= 11 is 1.46. The minimum atomic E-state index is -0.0234. The number of carbonyl (C=O) groups excluding carboxylic acids is 1. The zero-order valence-corrected chi connectivity index (χ0v) is 11.7. The molecule has 0 spiro atoms. The first kappa shape index (κ1) is 14.7. The molecule has 0 aliphatic rings. The molecule has 0 bridgehead atoms. The van der Waals surface area contributed by atoms with Gasteiger partial charge in [0.25, 0.3) is 0 Å². The number of unbranched alkanes of at least 4 members (excludes halogenated alkanes) is 2. The number of anilines is 1. The summed E-state index contributed by atoms with van der Waals surface area (Å²) in [5, 5.41) is 12.6. The molecule has 1 rings (SSSR count). The average molecular weight is 265 g/mol. The highest BCUT2D eigenvalue weighted by molar-refractivity contribution is 7.16. The highest BCUT2D eigenvalue weighted by atomic mass is 32.1. The molecule has 1 heterocycles. The molecule has 98 valence electrons. The van der Waals surface area contributed by atoms with Gasteiger partial charge in [-0.2, -0.15) is 5.26 Å². The summed E-state index contributed by atoms with van der Waals surface area (Å²) in [6.45, 7) is 4.53. The van der Waals surface area contributed by atoms with Crippen molar-refractivity contribution in [2.75, 3.05) is 11.9 Å². The van der Waals surface area contributed by atoms with Crippen LogP contribution < -0.4 is 11.1 Å². The Morgan fingerprint density at radius 2 is 2.11 bits per heavy atom. The molecule has 0 fully saturated rings. The van der Waals surface area contributed by atoms with E-state index in [0.717, 1.165) is 29.7 Å². The first-order valence-electron chi connectivity index (χ1n) is 6.10. The van der Waals surface area contributed by atoms with E-state index in [1.165, 1.54) is 11.3 Å². The Hall–Kier alpha value is -1.38. The van der Waals surface area contributed by atoms with Crippen molar-refractivity contribution in [2.45, 2.75) is 39.5 Å². The summed E-state index contributed by atoms with van der Waals surface area (Å²) in [6.07, 6.45) is 3.25. The molecule has 1 amide bonds. The Morgan fingerprint density at radius 1 is 1.39 bits per heavy atom. The number of carbonyl (C=O) groups is 1. The van der Waals surface area contributed by atoms with Gasteiger partial charge in [-0.1, -0.05) is 6.42 Å². The third-order valence-corrected chi connectivity index (χ3v) is 3.98. The molecule has 5 heteroatoms. The number of nitriles is 1. The molecule has 0 saturated carbocycles. The Labute approximate surface area is 112 Å². The lowest BCUT2D eigenvalue weighted by molar-refractivity contribution is -0.116. The summed E-state index contributed by atoms with van der Waals surface area (Å²) in [7, 11) is 0. The maximum atomic E-state index is 11.7. The van der Waals surface area contributed by atoms with Crippen molar-refractivity contribution in [3.8, 4) is 6.07 Å². The maximum absolute atomic E-state index is 11.7. The van der Waals surface area contributed by atoms with Crippen molar-refractivity contribution in [3.63, 3.8) is 0 Å². The summed E-state index contributed by atoms with van der Waals surface area (Å²) in [4.78, 5) is 12.8. The first-order valence-corrected chi connectivity index (χ1v) is 6.91. The second-order valence-corrected chi connectivity index (χ2v) is 5.47. The van der Waals surface area contributed by atoms with Crippen LogP contribution in [0.1, 0.15) is 41.7 Å². The topological polar surface area (TPSA) is 78.9 Å². The van der Waals surface area contributed by atoms with Crippen LogP contribution >= 0.6 is 11.3 Å². The lowest BCUT2D eigenvalue weighted by Gasteiger charge is -2.03. The average Bonchev–Trinajstić information content (AvgIpc) is 2.60. The van der Waals surface area contributed by atoms with Crippen LogP contribution in [0.2, 0.25) is 0 Å². The van der Waals surface area contributed by atoms with Crippen LogP contribution in [0.25, 0.3) is 0 Å². The minimum absolute atomic E-state index is 0.0234. The zero-order chi connectivity index (χ0) is 13.5. The smallest absolute Gasteiger partial charge is 0.225 e. The SMILES string of the molecule is Cc1sc(NC(=O)CCCCCN)c(C#N)c1C. The van der Waals surface area contributed by atoms with Gasteiger partial charge in [-0.3, -0.25) is 4.79 Å². The van der Waals surface area contributed by atoms with Gasteiger partial charge < -0.3 is 11.1 Å². The lowest BCUT2D eigenvalue weighted by Crippen LogP contribution is -2.11. The van der Waals surface area contributed by atoms with E-state index in [1.807, 2.05) is 13.8 Å². The number of nitrogens with one attached hydrogen (secondary N) is 1. The maximum Gasteiger partial charge on any atom is 0.225 e. The number of nitrogens with two attached hydrogens (primary N) is 1. The van der Waals surface area contributed by atoms with Crippen LogP contribution in [0.3, 0.4) is 0 Å². The molecule has 0 saturated heterocycles. The molecule has 0 aliphatic heterocycles. The molecule has 0 atom stereocenters. The fraction of sp³-hybridized carbons (Fsp3) is 0.538. The number of thiophene rings is 1. The van der Waals surface area contributed by atoms with Gasteiger partial charge in [0.15, 0.2) is 0 Å². The van der Waals surface area contributed by atoms with Gasteiger partial charge in [-0.25, -0.2) is 0 Å². The van der Waals surface area contributed by atoms with Gasteiger partial charge in [0, 0.05) is 11.3 Å². The highest BCUT2D eigenvalue weighted by Crippen LogP contribution is 2.31. The zero-order valence-electron chi connectivity index (χ0n) is 10.9. The van der Waals surface area contributed by atoms with Gasteiger partial charge in [0.1, 0.15) is 11.1 Å². The van der Waals surface area contributed by atoms with E-state index >= 15 is 0 Å². The van der Waals surface area contributed by atoms with Gasteiger partial charge in [0.2, 0.25) is 5.91 Å². The van der Waals surface area contributed by atoms with Crippen molar-refractivity contribution in [1.82, 2.24) is 0 Å². The Morgan fingerprint density at radius 3 is 2.72 bits per heavy atom. The molecule has 0 radical (unpaired) electrons. The fourth-order valence-electron chi connectivity index (χ4n) is 1.65. The van der Waals surface area contributed by atoms with Crippen LogP contribution in [0.4, 0.5) is 5.00 Å². The first-order chi connectivity index (χ1) is 8.60. The van der Waals surface area contributed by atoms with Gasteiger partial charge in [-0.15, -0.1) is 11.3 Å². The van der Waals surface area contributed by atoms with Crippen molar-refractivity contribution in [3.05, 3.63) is 16.0 Å². The number of amides is 1. The van der Waals surface area contributed by atoms with E-state index in [-0.39, 0.29) is 5.91 Å². The quantitative estimate of drug-likeness (QED) is 0.776. The number of aryl methyl sites for hydroxylation is 1. The van der Waals surface area contributed by atoms with Gasteiger partial charge >= 0.3 is 0 Å². The Kier molecular flexibility index (Phi) is 5.83. The van der Waals surface area contributed by atoms with Gasteiger partial charge in [0.05, 0.1) is 5.56 Å². The van der Waals surface area contributed by atoms with Crippen LogP contribution in [0.5, 0.6) is 0 Å². The third kappa shape index (κ3) is 3.83.